The Bertz CT molecular complexity index is 732. The second-order valence-corrected chi connectivity index (χ2v) is 5.13. The van der Waals surface area contributed by atoms with Gasteiger partial charge < -0.3 is 0 Å². The molecule has 0 aliphatic carbocycles. The van der Waals surface area contributed by atoms with Crippen molar-refractivity contribution in [2.45, 2.75) is 0 Å². The Morgan fingerprint density at radius 2 is 1.68 bits per heavy atom. The maximum absolute atomic E-state index is 13.4. The Balaban J connectivity index is 1.92. The summed E-state index contributed by atoms with van der Waals surface area (Å²) in [4.78, 5) is 23.3. The van der Waals surface area contributed by atoms with Crippen molar-refractivity contribution in [3.63, 3.8) is 0 Å². The molecule has 112 valence electrons. The molecule has 2 rings (SSSR count). The highest BCUT2D eigenvalue weighted by atomic mass is 79.9. The summed E-state index contributed by atoms with van der Waals surface area (Å²) in [5, 5.41) is 0. The predicted octanol–water partition coefficient (Wildman–Crippen LogP) is 3.06. The van der Waals surface area contributed by atoms with Crippen molar-refractivity contribution in [2.75, 3.05) is 0 Å². The molecule has 0 aromatic heterocycles. The van der Waals surface area contributed by atoms with E-state index in [4.69, 9.17) is 0 Å². The highest BCUT2D eigenvalue weighted by Crippen LogP contribution is 2.16. The van der Waals surface area contributed by atoms with E-state index in [0.717, 1.165) is 10.0 Å². The average Bonchev–Trinajstić information content (AvgIpc) is 2.52. The number of hydrogen-bond donors (Lipinski definition) is 2. The van der Waals surface area contributed by atoms with Gasteiger partial charge in [0.15, 0.2) is 0 Å². The van der Waals surface area contributed by atoms with E-state index >= 15 is 0 Å². The molecule has 2 N–H and O–H groups in total. The Morgan fingerprint density at radius 3 is 2.41 bits per heavy atom. The molecule has 0 bridgehead atoms. The molecule has 22 heavy (non-hydrogen) atoms. The third-order valence-electron chi connectivity index (χ3n) is 2.74. The highest BCUT2D eigenvalue weighted by Gasteiger charge is 2.10. The fraction of sp³-hybridized carbons (Fsp3) is 0. The minimum atomic E-state index is -0.722. The van der Waals surface area contributed by atoms with Gasteiger partial charge in [-0.3, -0.25) is 20.4 Å². The molecule has 0 aliphatic rings. The SMILES string of the molecule is O=C(/C=C/c1ccccc1Br)NNC(=O)c1ccccc1F. The van der Waals surface area contributed by atoms with E-state index in [2.05, 4.69) is 26.8 Å². The molecule has 0 saturated heterocycles. The zero-order chi connectivity index (χ0) is 15.9. The zero-order valence-electron chi connectivity index (χ0n) is 11.3. The van der Waals surface area contributed by atoms with Gasteiger partial charge in [-0.1, -0.05) is 46.3 Å². The zero-order valence-corrected chi connectivity index (χ0v) is 12.9. The maximum atomic E-state index is 13.4. The minimum absolute atomic E-state index is 0.141. The summed E-state index contributed by atoms with van der Waals surface area (Å²) < 4.78 is 14.2. The molecule has 2 aromatic carbocycles. The number of carbonyl (C=O) groups is 2. The number of halogens is 2. The minimum Gasteiger partial charge on any atom is -0.268 e. The third kappa shape index (κ3) is 4.26. The van der Waals surface area contributed by atoms with Crippen LogP contribution >= 0.6 is 15.9 Å². The Kier molecular flexibility index (Phi) is 5.43. The molecule has 0 aliphatic heterocycles. The second kappa shape index (κ2) is 7.51. The number of amides is 2. The molecule has 0 radical (unpaired) electrons. The smallest absolute Gasteiger partial charge is 0.268 e. The average molecular weight is 363 g/mol. The van der Waals surface area contributed by atoms with Crippen LogP contribution in [0.1, 0.15) is 15.9 Å². The molecule has 0 spiro atoms. The lowest BCUT2D eigenvalue weighted by Gasteiger charge is -2.06. The highest BCUT2D eigenvalue weighted by molar-refractivity contribution is 9.10. The van der Waals surface area contributed by atoms with Gasteiger partial charge in [-0.25, -0.2) is 4.39 Å². The predicted molar refractivity (Wildman–Crippen MR) is 85.2 cm³/mol. The molecule has 2 amide bonds. The molecule has 0 heterocycles. The Hall–Kier alpha value is -2.47. The first-order chi connectivity index (χ1) is 10.6. The Labute approximate surface area is 135 Å². The maximum Gasteiger partial charge on any atom is 0.272 e. The lowest BCUT2D eigenvalue weighted by molar-refractivity contribution is -0.117. The quantitative estimate of drug-likeness (QED) is 0.651. The van der Waals surface area contributed by atoms with Gasteiger partial charge in [0.05, 0.1) is 5.56 Å². The summed E-state index contributed by atoms with van der Waals surface area (Å²) in [7, 11) is 0. The molecule has 4 nitrogen and oxygen atoms in total. The first kappa shape index (κ1) is 15.9. The lowest BCUT2D eigenvalue weighted by atomic mass is 10.2. The van der Waals surface area contributed by atoms with Gasteiger partial charge in [-0.05, 0) is 29.8 Å². The summed E-state index contributed by atoms with van der Waals surface area (Å²) in [5.74, 6) is -1.90. The molecular formula is C16H12BrFN2O2. The lowest BCUT2D eigenvalue weighted by Crippen LogP contribution is -2.41. The van der Waals surface area contributed by atoms with Crippen molar-refractivity contribution in [2.24, 2.45) is 0 Å². The number of nitrogens with one attached hydrogen (secondary N) is 2. The van der Waals surface area contributed by atoms with Gasteiger partial charge in [0.1, 0.15) is 5.82 Å². The molecule has 0 unspecified atom stereocenters. The number of rotatable bonds is 3. The van der Waals surface area contributed by atoms with Crippen LogP contribution in [0.25, 0.3) is 6.08 Å². The fourth-order valence-corrected chi connectivity index (χ4v) is 2.07. The van der Waals surface area contributed by atoms with Crippen molar-refractivity contribution >= 4 is 33.8 Å². The van der Waals surface area contributed by atoms with Crippen LogP contribution in [0.3, 0.4) is 0 Å². The second-order valence-electron chi connectivity index (χ2n) is 4.28. The van der Waals surface area contributed by atoms with Gasteiger partial charge in [0.2, 0.25) is 0 Å². The topological polar surface area (TPSA) is 58.2 Å². The van der Waals surface area contributed by atoms with Crippen LogP contribution in [0, 0.1) is 5.82 Å². The number of benzene rings is 2. The van der Waals surface area contributed by atoms with Gasteiger partial charge in [-0.2, -0.15) is 0 Å². The van der Waals surface area contributed by atoms with E-state index < -0.39 is 17.6 Å². The first-order valence-electron chi connectivity index (χ1n) is 6.35. The number of hydrazine groups is 1. The van der Waals surface area contributed by atoms with Crippen LogP contribution in [0.5, 0.6) is 0 Å². The monoisotopic (exact) mass is 362 g/mol. The van der Waals surface area contributed by atoms with E-state index in [9.17, 15) is 14.0 Å². The van der Waals surface area contributed by atoms with Crippen molar-refractivity contribution < 1.29 is 14.0 Å². The van der Waals surface area contributed by atoms with E-state index in [1.54, 1.807) is 6.08 Å². The summed E-state index contributed by atoms with van der Waals surface area (Å²) in [5.41, 5.74) is 5.02. The van der Waals surface area contributed by atoms with Crippen molar-refractivity contribution in [3.8, 4) is 0 Å². The molecule has 0 atom stereocenters. The summed E-state index contributed by atoms with van der Waals surface area (Å²) >= 11 is 3.35. The van der Waals surface area contributed by atoms with Crippen LogP contribution in [0.4, 0.5) is 4.39 Å². The van der Waals surface area contributed by atoms with Crippen LogP contribution in [-0.4, -0.2) is 11.8 Å². The molecule has 0 saturated carbocycles. The van der Waals surface area contributed by atoms with Crippen LogP contribution < -0.4 is 10.9 Å². The standard InChI is InChI=1S/C16H12BrFN2O2/c17-13-7-3-1-5-11(13)9-10-15(21)19-20-16(22)12-6-2-4-8-14(12)18/h1-10H,(H,19,21)(H,20,22)/b10-9+. The number of hydrogen-bond acceptors (Lipinski definition) is 2. The number of carbonyl (C=O) groups excluding carboxylic acids is 2. The largest absolute Gasteiger partial charge is 0.272 e. The van der Waals surface area contributed by atoms with Crippen molar-refractivity contribution in [1.82, 2.24) is 10.9 Å². The third-order valence-corrected chi connectivity index (χ3v) is 3.46. The van der Waals surface area contributed by atoms with E-state index in [0.29, 0.717) is 0 Å². The van der Waals surface area contributed by atoms with Crippen molar-refractivity contribution in [1.29, 1.82) is 0 Å². The van der Waals surface area contributed by atoms with E-state index in [-0.39, 0.29) is 5.56 Å². The van der Waals surface area contributed by atoms with Crippen LogP contribution in [0.15, 0.2) is 59.1 Å². The van der Waals surface area contributed by atoms with E-state index in [1.807, 2.05) is 24.3 Å². The van der Waals surface area contributed by atoms with Gasteiger partial charge in [0, 0.05) is 10.5 Å². The molecule has 0 fully saturated rings. The fourth-order valence-electron chi connectivity index (χ4n) is 1.65. The van der Waals surface area contributed by atoms with Crippen LogP contribution in [0.2, 0.25) is 0 Å². The summed E-state index contributed by atoms with van der Waals surface area (Å²) in [6, 6.07) is 12.9. The molecule has 6 heteroatoms. The van der Waals surface area contributed by atoms with E-state index in [1.165, 1.54) is 30.3 Å². The van der Waals surface area contributed by atoms with Gasteiger partial charge in [0.25, 0.3) is 11.8 Å². The molecule has 2 aromatic rings. The van der Waals surface area contributed by atoms with Crippen LogP contribution in [-0.2, 0) is 4.79 Å². The Morgan fingerprint density at radius 1 is 1.00 bits per heavy atom. The van der Waals surface area contributed by atoms with Crippen molar-refractivity contribution in [3.05, 3.63) is 76.0 Å². The molecular weight excluding hydrogens is 351 g/mol. The summed E-state index contributed by atoms with van der Waals surface area (Å²) in [6.07, 6.45) is 2.86. The van der Waals surface area contributed by atoms with Gasteiger partial charge >= 0.3 is 0 Å². The summed E-state index contributed by atoms with van der Waals surface area (Å²) in [6.45, 7) is 0. The first-order valence-corrected chi connectivity index (χ1v) is 7.14. The normalized spacial score (nSPS) is 10.5. The van der Waals surface area contributed by atoms with Gasteiger partial charge in [-0.15, -0.1) is 0 Å².